The monoisotopic (exact) mass is 281 g/mol. The van der Waals surface area contributed by atoms with Crippen molar-refractivity contribution >= 4 is 29.0 Å². The highest BCUT2D eigenvalue weighted by Crippen LogP contribution is 2.24. The first-order valence-corrected chi connectivity index (χ1v) is 6.26. The molecule has 0 unspecified atom stereocenters. The Kier molecular flexibility index (Phi) is 4.04. The van der Waals surface area contributed by atoms with Crippen LogP contribution >= 0.6 is 23.2 Å². The molecule has 0 radical (unpaired) electrons. The van der Waals surface area contributed by atoms with Gasteiger partial charge in [0.15, 0.2) is 5.82 Å². The fourth-order valence-electron chi connectivity index (χ4n) is 1.65. The minimum Gasteiger partial charge on any atom is -0.354 e. The molecule has 0 amide bonds. The lowest BCUT2D eigenvalue weighted by molar-refractivity contribution is 0.891. The highest BCUT2D eigenvalue weighted by Gasteiger charge is 2.10. The molecule has 18 heavy (non-hydrogen) atoms. The second kappa shape index (κ2) is 5.55. The summed E-state index contributed by atoms with van der Waals surface area (Å²) in [7, 11) is 1.92. The van der Waals surface area contributed by atoms with E-state index in [1.54, 1.807) is 0 Å². The maximum absolute atomic E-state index is 6.06. The summed E-state index contributed by atoms with van der Waals surface area (Å²) in [5.41, 5.74) is 2.43. The number of hydrogen-bond acceptors (Lipinski definition) is 3. The number of aryl methyl sites for hydroxylation is 1. The van der Waals surface area contributed by atoms with Crippen LogP contribution in [0.4, 0.5) is 5.82 Å². The topological polar surface area (TPSA) is 29.0 Å². The lowest BCUT2D eigenvalue weighted by atomic mass is 10.1. The zero-order valence-corrected chi connectivity index (χ0v) is 11.7. The van der Waals surface area contributed by atoms with Crippen molar-refractivity contribution in [1.82, 2.24) is 9.97 Å². The summed E-state index contributed by atoms with van der Waals surface area (Å²) in [4.78, 5) is 9.92. The predicted molar refractivity (Wildman–Crippen MR) is 75.3 cm³/mol. The third-order valence-electron chi connectivity index (χ3n) is 2.60. The maximum Gasteiger partial charge on any atom is 0.224 e. The Bertz CT molecular complexity index is 540. The summed E-state index contributed by atoms with van der Waals surface area (Å²) in [6.07, 6.45) is 1.51. The quantitative estimate of drug-likeness (QED) is 0.803. The van der Waals surface area contributed by atoms with E-state index in [1.165, 1.54) is 17.3 Å². The van der Waals surface area contributed by atoms with Gasteiger partial charge in [-0.2, -0.15) is 4.98 Å². The molecule has 2 rings (SSSR count). The van der Waals surface area contributed by atoms with Crippen LogP contribution in [0.1, 0.15) is 11.1 Å². The molecule has 0 aliphatic heterocycles. The molecule has 1 aromatic heterocycles. The van der Waals surface area contributed by atoms with Gasteiger partial charge in [0.25, 0.3) is 0 Å². The summed E-state index contributed by atoms with van der Waals surface area (Å²) < 4.78 is 0. The Balaban J connectivity index is 2.18. The van der Waals surface area contributed by atoms with Gasteiger partial charge in [-0.15, -0.1) is 0 Å². The number of nitrogens with zero attached hydrogens (tertiary/aromatic N) is 3. The van der Waals surface area contributed by atoms with Gasteiger partial charge in [0.1, 0.15) is 5.02 Å². The maximum atomic E-state index is 6.06. The van der Waals surface area contributed by atoms with Gasteiger partial charge in [-0.3, -0.25) is 0 Å². The Labute approximate surface area is 116 Å². The molecule has 1 heterocycles. The van der Waals surface area contributed by atoms with Crippen molar-refractivity contribution in [3.8, 4) is 0 Å². The number of rotatable bonds is 3. The average molecular weight is 282 g/mol. The van der Waals surface area contributed by atoms with E-state index in [-0.39, 0.29) is 5.28 Å². The van der Waals surface area contributed by atoms with Crippen LogP contribution in [-0.4, -0.2) is 17.0 Å². The Morgan fingerprint density at radius 3 is 2.50 bits per heavy atom. The molecule has 0 atom stereocenters. The van der Waals surface area contributed by atoms with Crippen LogP contribution in [0.25, 0.3) is 0 Å². The van der Waals surface area contributed by atoms with Crippen molar-refractivity contribution in [3.63, 3.8) is 0 Å². The average Bonchev–Trinajstić information content (AvgIpc) is 2.35. The third kappa shape index (κ3) is 3.12. The fourth-order valence-corrected chi connectivity index (χ4v) is 2.01. The Morgan fingerprint density at radius 1 is 1.17 bits per heavy atom. The molecule has 2 aromatic rings. The van der Waals surface area contributed by atoms with Gasteiger partial charge in [0, 0.05) is 13.6 Å². The molecule has 0 spiro atoms. The first-order valence-electron chi connectivity index (χ1n) is 5.51. The number of hydrogen-bond donors (Lipinski definition) is 0. The van der Waals surface area contributed by atoms with Crippen molar-refractivity contribution < 1.29 is 0 Å². The van der Waals surface area contributed by atoms with Crippen molar-refractivity contribution in [1.29, 1.82) is 0 Å². The van der Waals surface area contributed by atoms with Crippen LogP contribution in [0.15, 0.2) is 30.5 Å². The molecule has 0 saturated carbocycles. The highest BCUT2D eigenvalue weighted by atomic mass is 35.5. The summed E-state index contributed by atoms with van der Waals surface area (Å²) in [5.74, 6) is 0.636. The van der Waals surface area contributed by atoms with Gasteiger partial charge in [-0.1, -0.05) is 41.4 Å². The van der Waals surface area contributed by atoms with E-state index in [0.29, 0.717) is 17.4 Å². The van der Waals surface area contributed by atoms with Crippen LogP contribution in [0.5, 0.6) is 0 Å². The van der Waals surface area contributed by atoms with Crippen LogP contribution in [0, 0.1) is 6.92 Å². The molecule has 0 aliphatic rings. The van der Waals surface area contributed by atoms with E-state index in [0.717, 1.165) is 0 Å². The van der Waals surface area contributed by atoms with Crippen LogP contribution in [0.2, 0.25) is 10.3 Å². The number of anilines is 1. The summed E-state index contributed by atoms with van der Waals surface area (Å²) in [6, 6.07) is 8.33. The van der Waals surface area contributed by atoms with Crippen LogP contribution in [0.3, 0.4) is 0 Å². The smallest absolute Gasteiger partial charge is 0.224 e. The fraction of sp³-hybridized carbons (Fsp3) is 0.231. The number of benzene rings is 1. The van der Waals surface area contributed by atoms with Gasteiger partial charge in [-0.25, -0.2) is 4.98 Å². The highest BCUT2D eigenvalue weighted by molar-refractivity contribution is 6.33. The lowest BCUT2D eigenvalue weighted by Gasteiger charge is -2.19. The minimum atomic E-state index is 0.199. The molecule has 5 heteroatoms. The molecule has 0 saturated heterocycles. The van der Waals surface area contributed by atoms with Gasteiger partial charge in [-0.05, 0) is 24.1 Å². The van der Waals surface area contributed by atoms with Gasteiger partial charge >= 0.3 is 0 Å². The van der Waals surface area contributed by atoms with E-state index < -0.39 is 0 Å². The second-order valence-electron chi connectivity index (χ2n) is 4.15. The van der Waals surface area contributed by atoms with Gasteiger partial charge in [0.05, 0.1) is 6.20 Å². The molecular weight excluding hydrogens is 269 g/mol. The zero-order chi connectivity index (χ0) is 13.1. The molecule has 1 aromatic carbocycles. The van der Waals surface area contributed by atoms with Gasteiger partial charge in [0.2, 0.25) is 5.28 Å². The number of aromatic nitrogens is 2. The van der Waals surface area contributed by atoms with E-state index in [1.807, 2.05) is 11.9 Å². The van der Waals surface area contributed by atoms with Crippen LogP contribution < -0.4 is 4.90 Å². The SMILES string of the molecule is Cc1ccc(CN(C)c2nc(Cl)ncc2Cl)cc1. The molecule has 3 nitrogen and oxygen atoms in total. The van der Waals surface area contributed by atoms with Crippen molar-refractivity contribution in [2.45, 2.75) is 13.5 Å². The molecule has 0 fully saturated rings. The van der Waals surface area contributed by atoms with E-state index in [4.69, 9.17) is 23.2 Å². The Hall–Kier alpha value is -1.32. The molecule has 0 N–H and O–H groups in total. The molecule has 0 bridgehead atoms. The predicted octanol–water partition coefficient (Wildman–Crippen LogP) is 3.73. The summed E-state index contributed by atoms with van der Waals surface area (Å²) in [5, 5.41) is 0.694. The second-order valence-corrected chi connectivity index (χ2v) is 4.90. The van der Waals surface area contributed by atoms with Crippen molar-refractivity contribution in [2.24, 2.45) is 0 Å². The van der Waals surface area contributed by atoms with Crippen molar-refractivity contribution in [2.75, 3.05) is 11.9 Å². The van der Waals surface area contributed by atoms with E-state index >= 15 is 0 Å². The third-order valence-corrected chi connectivity index (χ3v) is 3.05. The summed E-state index contributed by atoms with van der Waals surface area (Å²) >= 11 is 11.8. The number of halogens is 2. The molecule has 0 aliphatic carbocycles. The van der Waals surface area contributed by atoms with Crippen LogP contribution in [-0.2, 0) is 6.54 Å². The minimum absolute atomic E-state index is 0.199. The van der Waals surface area contributed by atoms with Crippen molar-refractivity contribution in [3.05, 3.63) is 51.9 Å². The first-order chi connectivity index (χ1) is 8.56. The lowest BCUT2D eigenvalue weighted by Crippen LogP contribution is -2.18. The van der Waals surface area contributed by atoms with E-state index in [9.17, 15) is 0 Å². The van der Waals surface area contributed by atoms with Gasteiger partial charge < -0.3 is 4.90 Å². The normalized spacial score (nSPS) is 10.4. The summed E-state index contributed by atoms with van der Waals surface area (Å²) in [6.45, 7) is 2.78. The molecule has 94 valence electrons. The Morgan fingerprint density at radius 2 is 1.83 bits per heavy atom. The van der Waals surface area contributed by atoms with E-state index in [2.05, 4.69) is 41.2 Å². The first kappa shape index (κ1) is 13.1. The zero-order valence-electron chi connectivity index (χ0n) is 10.2. The largest absolute Gasteiger partial charge is 0.354 e. The standard InChI is InChI=1S/C13H13Cl2N3/c1-9-3-5-10(6-4-9)8-18(2)12-11(14)7-16-13(15)17-12/h3-7H,8H2,1-2H3. The molecular formula is C13H13Cl2N3.